The Labute approximate surface area is 128 Å². The van der Waals surface area contributed by atoms with E-state index in [9.17, 15) is 9.18 Å². The molecule has 1 amide bonds. The van der Waals surface area contributed by atoms with Gasteiger partial charge in [0.15, 0.2) is 11.6 Å². The Morgan fingerprint density at radius 2 is 2.35 bits per heavy atom. The van der Waals surface area contributed by atoms with Crippen molar-refractivity contribution in [1.82, 2.24) is 10.6 Å². The van der Waals surface area contributed by atoms with E-state index in [4.69, 9.17) is 4.74 Å². The molecule has 7 heteroatoms. The molecular weight excluding hydrogens is 303 g/mol. The van der Waals surface area contributed by atoms with Crippen LogP contribution < -0.4 is 15.4 Å². The van der Waals surface area contributed by atoms with Crippen LogP contribution in [-0.4, -0.2) is 30.7 Å². The van der Waals surface area contributed by atoms with Gasteiger partial charge in [0.25, 0.3) is 0 Å². The Kier molecular flexibility index (Phi) is 6.58. The summed E-state index contributed by atoms with van der Waals surface area (Å²) in [5.41, 5.74) is 0.720. The molecule has 0 aliphatic carbocycles. The van der Waals surface area contributed by atoms with E-state index in [1.165, 1.54) is 13.2 Å². The predicted octanol–water partition coefficient (Wildman–Crippen LogP) is 2.10. The smallest absolute Gasteiger partial charge is 0.238 e. The van der Waals surface area contributed by atoms with Gasteiger partial charge in [-0.25, -0.2) is 4.39 Å². The minimum absolute atomic E-state index is 0. The zero-order chi connectivity index (χ0) is 13.8. The molecule has 1 aromatic rings. The second kappa shape index (κ2) is 7.71. The first-order valence-corrected chi connectivity index (χ1v) is 7.22. The summed E-state index contributed by atoms with van der Waals surface area (Å²) in [5, 5.41) is 5.98. The van der Waals surface area contributed by atoms with Gasteiger partial charge in [0.05, 0.1) is 19.2 Å². The quantitative estimate of drug-likeness (QED) is 0.892. The van der Waals surface area contributed by atoms with Gasteiger partial charge in [-0.2, -0.15) is 0 Å². The number of ether oxygens (including phenoxy) is 1. The standard InChI is InChI=1S/C13H17FN2O2S.ClH/c1-8(16-13(17)11-6-19-7-15-11)9-3-4-12(18-2)10(14)5-9;/h3-5,8,11,15H,6-7H2,1-2H3,(H,16,17);1H. The van der Waals surface area contributed by atoms with Crippen LogP contribution in [-0.2, 0) is 4.79 Å². The summed E-state index contributed by atoms with van der Waals surface area (Å²) in [6, 6.07) is 4.32. The topological polar surface area (TPSA) is 50.4 Å². The van der Waals surface area contributed by atoms with Crippen molar-refractivity contribution in [3.05, 3.63) is 29.6 Å². The molecule has 1 fully saturated rings. The molecule has 0 saturated carbocycles. The minimum Gasteiger partial charge on any atom is -0.494 e. The Morgan fingerprint density at radius 1 is 1.60 bits per heavy atom. The maximum Gasteiger partial charge on any atom is 0.238 e. The van der Waals surface area contributed by atoms with Gasteiger partial charge in [-0.05, 0) is 24.6 Å². The summed E-state index contributed by atoms with van der Waals surface area (Å²) in [7, 11) is 1.42. The minimum atomic E-state index is -0.421. The maximum atomic E-state index is 13.6. The summed E-state index contributed by atoms with van der Waals surface area (Å²) >= 11 is 1.69. The average Bonchev–Trinajstić information content (AvgIpc) is 2.92. The van der Waals surface area contributed by atoms with Crippen LogP contribution >= 0.6 is 24.2 Å². The Morgan fingerprint density at radius 3 is 2.90 bits per heavy atom. The molecule has 1 aliphatic heterocycles. The molecule has 0 radical (unpaired) electrons. The average molecular weight is 321 g/mol. The van der Waals surface area contributed by atoms with Crippen LogP contribution in [0.2, 0.25) is 0 Å². The highest BCUT2D eigenvalue weighted by atomic mass is 35.5. The normalized spacial score (nSPS) is 19.1. The number of halogens is 2. The van der Waals surface area contributed by atoms with Gasteiger partial charge in [0.2, 0.25) is 5.91 Å². The largest absolute Gasteiger partial charge is 0.494 e. The molecule has 0 bridgehead atoms. The van der Waals surface area contributed by atoms with Gasteiger partial charge in [-0.3, -0.25) is 10.1 Å². The van der Waals surface area contributed by atoms with Gasteiger partial charge in [-0.1, -0.05) is 6.07 Å². The van der Waals surface area contributed by atoms with Crippen molar-refractivity contribution in [3.63, 3.8) is 0 Å². The lowest BCUT2D eigenvalue weighted by Gasteiger charge is -2.17. The lowest BCUT2D eigenvalue weighted by molar-refractivity contribution is -0.123. The number of thioether (sulfide) groups is 1. The zero-order valence-corrected chi connectivity index (χ0v) is 12.9. The number of nitrogens with one attached hydrogen (secondary N) is 2. The molecule has 112 valence electrons. The van der Waals surface area contributed by atoms with Gasteiger partial charge >= 0.3 is 0 Å². The zero-order valence-electron chi connectivity index (χ0n) is 11.3. The second-order valence-corrected chi connectivity index (χ2v) is 5.43. The second-order valence-electron chi connectivity index (χ2n) is 4.40. The van der Waals surface area contributed by atoms with Crippen LogP contribution in [0.4, 0.5) is 4.39 Å². The fourth-order valence-corrected chi connectivity index (χ4v) is 2.85. The van der Waals surface area contributed by atoms with Gasteiger partial charge in [0, 0.05) is 11.6 Å². The molecule has 2 rings (SSSR count). The third kappa shape index (κ3) is 4.01. The van der Waals surface area contributed by atoms with Crippen molar-refractivity contribution < 1.29 is 13.9 Å². The highest BCUT2D eigenvalue weighted by Gasteiger charge is 2.24. The van der Waals surface area contributed by atoms with Crippen molar-refractivity contribution in [1.29, 1.82) is 0 Å². The Bertz CT molecular complexity index is 470. The molecule has 1 aromatic carbocycles. The van der Waals surface area contributed by atoms with E-state index in [-0.39, 0.29) is 36.1 Å². The van der Waals surface area contributed by atoms with Crippen LogP contribution in [0.3, 0.4) is 0 Å². The number of methoxy groups -OCH3 is 1. The lowest BCUT2D eigenvalue weighted by atomic mass is 10.1. The molecule has 2 unspecified atom stereocenters. The molecule has 0 aromatic heterocycles. The molecule has 1 aliphatic rings. The highest BCUT2D eigenvalue weighted by Crippen LogP contribution is 2.22. The molecule has 0 spiro atoms. The Hall–Kier alpha value is -0.980. The molecule has 2 atom stereocenters. The van der Waals surface area contributed by atoms with Crippen LogP contribution in [0.5, 0.6) is 5.75 Å². The van der Waals surface area contributed by atoms with E-state index in [1.807, 2.05) is 6.92 Å². The van der Waals surface area contributed by atoms with Crippen LogP contribution in [0.1, 0.15) is 18.5 Å². The summed E-state index contributed by atoms with van der Waals surface area (Å²) in [6.45, 7) is 1.83. The van der Waals surface area contributed by atoms with Crippen molar-refractivity contribution in [3.8, 4) is 5.75 Å². The van der Waals surface area contributed by atoms with E-state index < -0.39 is 5.82 Å². The number of carbonyl (C=O) groups is 1. The molecule has 1 saturated heterocycles. The predicted molar refractivity (Wildman–Crippen MR) is 81.0 cm³/mol. The maximum absolute atomic E-state index is 13.6. The lowest BCUT2D eigenvalue weighted by Crippen LogP contribution is -2.42. The monoisotopic (exact) mass is 320 g/mol. The van der Waals surface area contributed by atoms with E-state index in [0.717, 1.165) is 17.2 Å². The van der Waals surface area contributed by atoms with Gasteiger partial charge in [0.1, 0.15) is 0 Å². The summed E-state index contributed by atoms with van der Waals surface area (Å²) in [4.78, 5) is 11.9. The van der Waals surface area contributed by atoms with E-state index in [2.05, 4.69) is 10.6 Å². The number of amides is 1. The van der Waals surface area contributed by atoms with Crippen LogP contribution in [0.25, 0.3) is 0 Å². The third-order valence-corrected chi connectivity index (χ3v) is 4.01. The number of hydrogen-bond acceptors (Lipinski definition) is 4. The molecule has 4 nitrogen and oxygen atoms in total. The van der Waals surface area contributed by atoms with E-state index in [0.29, 0.717) is 0 Å². The fourth-order valence-electron chi connectivity index (χ4n) is 1.91. The number of carbonyl (C=O) groups excluding carboxylic acids is 1. The van der Waals surface area contributed by atoms with Gasteiger partial charge < -0.3 is 10.1 Å². The van der Waals surface area contributed by atoms with Crippen molar-refractivity contribution in [2.75, 3.05) is 18.7 Å². The first-order chi connectivity index (χ1) is 9.11. The molecule has 2 N–H and O–H groups in total. The summed E-state index contributed by atoms with van der Waals surface area (Å²) < 4.78 is 18.5. The van der Waals surface area contributed by atoms with Crippen molar-refractivity contribution in [2.45, 2.75) is 19.0 Å². The summed E-state index contributed by atoms with van der Waals surface area (Å²) in [5.74, 6) is 1.31. The molecule has 1 heterocycles. The first kappa shape index (κ1) is 17.1. The van der Waals surface area contributed by atoms with Gasteiger partial charge in [-0.15, -0.1) is 24.2 Å². The Balaban J connectivity index is 0.00000200. The summed E-state index contributed by atoms with van der Waals surface area (Å²) in [6.07, 6.45) is 0. The number of rotatable bonds is 4. The van der Waals surface area contributed by atoms with E-state index >= 15 is 0 Å². The fraction of sp³-hybridized carbons (Fsp3) is 0.462. The van der Waals surface area contributed by atoms with Crippen LogP contribution in [0, 0.1) is 5.82 Å². The number of hydrogen-bond donors (Lipinski definition) is 2. The van der Waals surface area contributed by atoms with E-state index in [1.54, 1.807) is 23.9 Å². The molecular formula is C13H18ClFN2O2S. The van der Waals surface area contributed by atoms with Crippen LogP contribution in [0.15, 0.2) is 18.2 Å². The molecule has 20 heavy (non-hydrogen) atoms. The number of benzene rings is 1. The highest BCUT2D eigenvalue weighted by molar-refractivity contribution is 7.99. The first-order valence-electron chi connectivity index (χ1n) is 6.06. The van der Waals surface area contributed by atoms with Crippen molar-refractivity contribution in [2.24, 2.45) is 0 Å². The van der Waals surface area contributed by atoms with Crippen molar-refractivity contribution >= 4 is 30.1 Å². The SMILES string of the molecule is COc1ccc(C(C)NC(=O)C2CSCN2)cc1F.Cl. The third-order valence-electron chi connectivity index (χ3n) is 3.07.